The molecule has 0 bridgehead atoms. The van der Waals surface area contributed by atoms with E-state index < -0.39 is 0 Å². The third-order valence-corrected chi connectivity index (χ3v) is 4.02. The first-order chi connectivity index (χ1) is 10.9. The lowest BCUT2D eigenvalue weighted by molar-refractivity contribution is 0.100. The minimum atomic E-state index is -0.345. The molecule has 0 atom stereocenters. The van der Waals surface area contributed by atoms with Gasteiger partial charge in [-0.25, -0.2) is 0 Å². The number of rotatable bonds is 2. The van der Waals surface area contributed by atoms with E-state index in [1.807, 2.05) is 0 Å². The number of aryl methyl sites for hydroxylation is 1. The smallest absolute Gasteiger partial charge is 0.167 e. The number of fused-ring (bicyclic) bond motifs is 2. The first-order valence-electron chi connectivity index (χ1n) is 7.29. The number of ketones is 2. The maximum Gasteiger partial charge on any atom is 0.167 e. The van der Waals surface area contributed by atoms with Gasteiger partial charge in [-0.1, -0.05) is 0 Å². The molecule has 0 amide bonds. The highest BCUT2D eigenvalue weighted by atomic mass is 16.5. The molecule has 5 heteroatoms. The first kappa shape index (κ1) is 15.1. The topological polar surface area (TPSA) is 83.8 Å². The zero-order valence-electron chi connectivity index (χ0n) is 12.8. The number of Topliss-reactive ketones (excluding diaryl/α,β-unsaturated/α-hetero) is 2. The van der Waals surface area contributed by atoms with Crippen LogP contribution in [0.4, 0.5) is 0 Å². The fourth-order valence-corrected chi connectivity index (χ4v) is 2.83. The molecule has 0 radical (unpaired) electrons. The van der Waals surface area contributed by atoms with Gasteiger partial charge in [-0.15, -0.1) is 0 Å². The molecule has 0 aromatic heterocycles. The van der Waals surface area contributed by atoms with Crippen LogP contribution in [-0.2, 0) is 12.8 Å². The van der Waals surface area contributed by atoms with Crippen LogP contribution in [0.1, 0.15) is 45.7 Å². The molecule has 0 saturated heterocycles. The molecule has 2 aromatic rings. The zero-order chi connectivity index (χ0) is 16.7. The quantitative estimate of drug-likeness (QED) is 0.830. The minimum absolute atomic E-state index is 0.0422. The van der Waals surface area contributed by atoms with Crippen LogP contribution in [0.2, 0.25) is 0 Å². The second kappa shape index (κ2) is 5.43. The molecule has 1 heterocycles. The van der Waals surface area contributed by atoms with Gasteiger partial charge in [-0.05, 0) is 50.5 Å². The van der Waals surface area contributed by atoms with Crippen molar-refractivity contribution in [2.24, 2.45) is 0 Å². The van der Waals surface area contributed by atoms with E-state index in [0.717, 1.165) is 11.6 Å². The van der Waals surface area contributed by atoms with Crippen LogP contribution in [-0.4, -0.2) is 21.8 Å². The lowest BCUT2D eigenvalue weighted by Gasteiger charge is -2.15. The van der Waals surface area contributed by atoms with Crippen molar-refractivity contribution < 1.29 is 24.5 Å². The summed E-state index contributed by atoms with van der Waals surface area (Å²) in [5.41, 5.74) is 1.94. The molecule has 118 valence electrons. The highest BCUT2D eigenvalue weighted by Gasteiger charge is 2.26. The van der Waals surface area contributed by atoms with Crippen molar-refractivity contribution in [1.29, 1.82) is 0 Å². The van der Waals surface area contributed by atoms with E-state index in [1.165, 1.54) is 13.8 Å². The van der Waals surface area contributed by atoms with Crippen molar-refractivity contribution in [2.45, 2.75) is 26.7 Å². The largest absolute Gasteiger partial charge is 0.507 e. The Labute approximate surface area is 133 Å². The van der Waals surface area contributed by atoms with Gasteiger partial charge in [0, 0.05) is 17.2 Å². The molecule has 0 spiro atoms. The zero-order valence-corrected chi connectivity index (χ0v) is 12.8. The summed E-state index contributed by atoms with van der Waals surface area (Å²) in [5, 5.41) is 20.1. The van der Waals surface area contributed by atoms with Gasteiger partial charge in [0.2, 0.25) is 0 Å². The molecule has 23 heavy (non-hydrogen) atoms. The summed E-state index contributed by atoms with van der Waals surface area (Å²) in [4.78, 5) is 23.4. The fraction of sp³-hybridized carbons (Fsp3) is 0.222. The summed E-state index contributed by atoms with van der Waals surface area (Å²) >= 11 is 0. The van der Waals surface area contributed by atoms with Crippen molar-refractivity contribution in [2.75, 3.05) is 0 Å². The number of hydrogen-bond acceptors (Lipinski definition) is 5. The van der Waals surface area contributed by atoms with Crippen molar-refractivity contribution >= 4 is 11.6 Å². The molecule has 5 nitrogen and oxygen atoms in total. The molecule has 1 aliphatic heterocycles. The van der Waals surface area contributed by atoms with E-state index in [0.29, 0.717) is 29.7 Å². The Kier molecular flexibility index (Phi) is 3.56. The van der Waals surface area contributed by atoms with Gasteiger partial charge < -0.3 is 14.9 Å². The second-order valence-electron chi connectivity index (χ2n) is 5.63. The Morgan fingerprint density at radius 1 is 1.00 bits per heavy atom. The van der Waals surface area contributed by atoms with E-state index in [9.17, 15) is 19.8 Å². The number of ether oxygens (including phenoxy) is 1. The van der Waals surface area contributed by atoms with E-state index >= 15 is 0 Å². The maximum absolute atomic E-state index is 11.9. The lowest BCUT2D eigenvalue weighted by Crippen LogP contribution is -2.01. The third kappa shape index (κ3) is 2.54. The number of benzene rings is 2. The van der Waals surface area contributed by atoms with E-state index in [4.69, 9.17) is 4.74 Å². The molecule has 0 saturated carbocycles. The van der Waals surface area contributed by atoms with Gasteiger partial charge in [0.1, 0.15) is 28.6 Å². The first-order valence-corrected chi connectivity index (χ1v) is 7.29. The highest BCUT2D eigenvalue weighted by Crippen LogP contribution is 2.44. The van der Waals surface area contributed by atoms with Crippen molar-refractivity contribution in [3.05, 3.63) is 46.5 Å². The molecular formula is C18H16O5. The maximum atomic E-state index is 11.9. The lowest BCUT2D eigenvalue weighted by atomic mass is 9.98. The van der Waals surface area contributed by atoms with Gasteiger partial charge in [-0.3, -0.25) is 9.59 Å². The molecule has 2 aromatic carbocycles. The molecule has 0 aliphatic carbocycles. The average Bonchev–Trinajstić information content (AvgIpc) is 2.65. The number of carbonyl (C=O) groups is 2. The minimum Gasteiger partial charge on any atom is -0.507 e. The molecule has 0 unspecified atom stereocenters. The molecule has 0 fully saturated rings. The Morgan fingerprint density at radius 2 is 1.74 bits per heavy atom. The summed E-state index contributed by atoms with van der Waals surface area (Å²) in [7, 11) is 0. The number of aromatic hydroxyl groups is 2. The van der Waals surface area contributed by atoms with Crippen LogP contribution in [0.5, 0.6) is 23.0 Å². The number of carbonyl (C=O) groups excluding carboxylic acids is 2. The summed E-state index contributed by atoms with van der Waals surface area (Å²) in [6.07, 6.45) is 0.995. The van der Waals surface area contributed by atoms with Gasteiger partial charge in [0.15, 0.2) is 11.6 Å². The molecular weight excluding hydrogens is 296 g/mol. The van der Waals surface area contributed by atoms with Crippen LogP contribution in [0.25, 0.3) is 0 Å². The third-order valence-electron chi connectivity index (χ3n) is 4.02. The van der Waals surface area contributed by atoms with Crippen molar-refractivity contribution in [3.63, 3.8) is 0 Å². The Hall–Kier alpha value is -2.82. The monoisotopic (exact) mass is 312 g/mol. The summed E-state index contributed by atoms with van der Waals surface area (Å²) < 4.78 is 5.84. The van der Waals surface area contributed by atoms with Gasteiger partial charge in [0.05, 0.1) is 0 Å². The molecule has 3 rings (SSSR count). The molecule has 1 aliphatic rings. The van der Waals surface area contributed by atoms with E-state index in [1.54, 1.807) is 18.2 Å². The Bertz CT molecular complexity index is 836. The van der Waals surface area contributed by atoms with Crippen LogP contribution < -0.4 is 4.74 Å². The predicted octanol–water partition coefficient (Wildman–Crippen LogP) is 3.39. The van der Waals surface area contributed by atoms with Crippen molar-refractivity contribution in [1.82, 2.24) is 0 Å². The Morgan fingerprint density at radius 3 is 2.39 bits per heavy atom. The van der Waals surface area contributed by atoms with Gasteiger partial charge in [0.25, 0.3) is 0 Å². The van der Waals surface area contributed by atoms with Crippen LogP contribution in [0.15, 0.2) is 24.3 Å². The summed E-state index contributed by atoms with van der Waals surface area (Å²) in [5.74, 6) is -0.104. The summed E-state index contributed by atoms with van der Waals surface area (Å²) in [6, 6.07) is 6.25. The second-order valence-corrected chi connectivity index (χ2v) is 5.63. The van der Waals surface area contributed by atoms with E-state index in [2.05, 4.69) is 0 Å². The fourth-order valence-electron chi connectivity index (χ4n) is 2.83. The van der Waals surface area contributed by atoms with Crippen LogP contribution in [0, 0.1) is 0 Å². The van der Waals surface area contributed by atoms with Gasteiger partial charge >= 0.3 is 0 Å². The number of phenolic OH excluding ortho intramolecular Hbond substituents is 2. The van der Waals surface area contributed by atoms with Gasteiger partial charge in [-0.2, -0.15) is 0 Å². The van der Waals surface area contributed by atoms with Crippen molar-refractivity contribution in [3.8, 4) is 23.0 Å². The number of phenols is 2. The normalized spacial score (nSPS) is 12.6. The molecule has 2 N–H and O–H groups in total. The Balaban J connectivity index is 2.18. The average molecular weight is 312 g/mol. The van der Waals surface area contributed by atoms with Crippen LogP contribution in [0.3, 0.4) is 0 Å². The predicted molar refractivity (Wildman–Crippen MR) is 83.7 cm³/mol. The number of hydrogen-bond donors (Lipinski definition) is 2. The summed E-state index contributed by atoms with van der Waals surface area (Å²) in [6.45, 7) is 2.83. The van der Waals surface area contributed by atoms with E-state index in [-0.39, 0.29) is 34.4 Å². The highest BCUT2D eigenvalue weighted by molar-refractivity contribution is 6.00. The van der Waals surface area contributed by atoms with Crippen LogP contribution >= 0.6 is 0 Å². The standard InChI is InChI=1S/C18H16O5/c1-9(19)11-4-6-16-12(7-11)3-5-13-14(21)8-15(22)17(10(2)20)18(13)23-16/h4,6-8,21-22H,3,5H2,1-2H3. The SMILES string of the molecule is CC(=O)c1ccc2c(c1)CCc1c(O)cc(O)c(C(C)=O)c1O2.